The summed E-state index contributed by atoms with van der Waals surface area (Å²) in [6, 6.07) is 0.0589. The molecule has 0 aliphatic heterocycles. The van der Waals surface area contributed by atoms with E-state index in [0.717, 1.165) is 25.7 Å². The summed E-state index contributed by atoms with van der Waals surface area (Å²) in [5.41, 5.74) is 0. The molecular formula is C10H19NO4S. The first-order valence-corrected chi connectivity index (χ1v) is 7.36. The van der Waals surface area contributed by atoms with Gasteiger partial charge in [0.1, 0.15) is 0 Å². The Kier molecular flexibility index (Phi) is 5.21. The zero-order chi connectivity index (χ0) is 12.0. The molecule has 0 amide bonds. The van der Waals surface area contributed by atoms with Crippen LogP contribution in [0.3, 0.4) is 0 Å². The molecule has 0 atom stereocenters. The molecule has 0 unspecified atom stereocenters. The third-order valence-corrected chi connectivity index (χ3v) is 4.27. The smallest absolute Gasteiger partial charge is 0.303 e. The van der Waals surface area contributed by atoms with Crippen molar-refractivity contribution in [2.24, 2.45) is 0 Å². The van der Waals surface area contributed by atoms with Crippen molar-refractivity contribution in [2.45, 2.75) is 51.0 Å². The first kappa shape index (κ1) is 13.4. The first-order chi connectivity index (χ1) is 7.49. The van der Waals surface area contributed by atoms with E-state index in [0.29, 0.717) is 0 Å². The Balaban J connectivity index is 2.29. The van der Waals surface area contributed by atoms with Gasteiger partial charge in [-0.1, -0.05) is 19.3 Å². The van der Waals surface area contributed by atoms with Crippen molar-refractivity contribution in [2.75, 3.05) is 5.75 Å². The van der Waals surface area contributed by atoms with Crippen LogP contribution in [0.5, 0.6) is 0 Å². The fourth-order valence-corrected chi connectivity index (χ4v) is 3.33. The van der Waals surface area contributed by atoms with Gasteiger partial charge in [-0.25, -0.2) is 13.1 Å². The van der Waals surface area contributed by atoms with Gasteiger partial charge in [0.05, 0.1) is 5.75 Å². The minimum absolute atomic E-state index is 0.0589. The molecule has 0 aromatic carbocycles. The summed E-state index contributed by atoms with van der Waals surface area (Å²) in [6.07, 6.45) is 5.21. The number of aliphatic carboxylic acids is 1. The lowest BCUT2D eigenvalue weighted by molar-refractivity contribution is -0.137. The zero-order valence-corrected chi connectivity index (χ0v) is 10.1. The number of hydrogen-bond donors (Lipinski definition) is 2. The van der Waals surface area contributed by atoms with Gasteiger partial charge in [0.2, 0.25) is 10.0 Å². The molecule has 1 fully saturated rings. The van der Waals surface area contributed by atoms with E-state index in [9.17, 15) is 13.2 Å². The Morgan fingerprint density at radius 3 is 2.44 bits per heavy atom. The second-order valence-electron chi connectivity index (χ2n) is 4.27. The van der Waals surface area contributed by atoms with Crippen molar-refractivity contribution in [1.82, 2.24) is 4.72 Å². The van der Waals surface area contributed by atoms with Gasteiger partial charge in [-0.2, -0.15) is 0 Å². The van der Waals surface area contributed by atoms with Gasteiger partial charge in [-0.05, 0) is 19.3 Å². The van der Waals surface area contributed by atoms with E-state index in [1.54, 1.807) is 0 Å². The summed E-state index contributed by atoms with van der Waals surface area (Å²) in [7, 11) is -3.29. The molecular weight excluding hydrogens is 230 g/mol. The molecule has 1 aliphatic rings. The monoisotopic (exact) mass is 249 g/mol. The molecule has 0 radical (unpaired) electrons. The SMILES string of the molecule is O=C(O)CCCS(=O)(=O)NC1CCCCC1. The zero-order valence-electron chi connectivity index (χ0n) is 9.31. The molecule has 5 nitrogen and oxygen atoms in total. The van der Waals surface area contributed by atoms with Crippen molar-refractivity contribution in [3.63, 3.8) is 0 Å². The van der Waals surface area contributed by atoms with Crippen LogP contribution >= 0.6 is 0 Å². The van der Waals surface area contributed by atoms with E-state index in [1.165, 1.54) is 6.42 Å². The normalized spacial score (nSPS) is 18.5. The highest BCUT2D eigenvalue weighted by Crippen LogP contribution is 2.18. The Labute approximate surface area is 96.3 Å². The highest BCUT2D eigenvalue weighted by molar-refractivity contribution is 7.89. The topological polar surface area (TPSA) is 83.5 Å². The summed E-state index contributed by atoms with van der Waals surface area (Å²) in [4.78, 5) is 10.3. The van der Waals surface area contributed by atoms with Gasteiger partial charge in [0, 0.05) is 12.5 Å². The summed E-state index contributed by atoms with van der Waals surface area (Å²) >= 11 is 0. The number of rotatable bonds is 6. The highest BCUT2D eigenvalue weighted by Gasteiger charge is 2.19. The third kappa shape index (κ3) is 5.46. The van der Waals surface area contributed by atoms with Crippen molar-refractivity contribution in [1.29, 1.82) is 0 Å². The molecule has 1 rings (SSSR count). The van der Waals surface area contributed by atoms with Crippen LogP contribution in [0.1, 0.15) is 44.9 Å². The Bertz CT molecular complexity index is 320. The average Bonchev–Trinajstić information content (AvgIpc) is 2.17. The van der Waals surface area contributed by atoms with Crippen LogP contribution in [-0.2, 0) is 14.8 Å². The fraction of sp³-hybridized carbons (Fsp3) is 0.900. The number of sulfonamides is 1. The van der Waals surface area contributed by atoms with Crippen LogP contribution in [0.2, 0.25) is 0 Å². The van der Waals surface area contributed by atoms with Gasteiger partial charge in [0.25, 0.3) is 0 Å². The summed E-state index contributed by atoms with van der Waals surface area (Å²) in [5, 5.41) is 8.42. The molecule has 0 bridgehead atoms. The van der Waals surface area contributed by atoms with Crippen LogP contribution < -0.4 is 4.72 Å². The highest BCUT2D eigenvalue weighted by atomic mass is 32.2. The Morgan fingerprint density at radius 1 is 1.25 bits per heavy atom. The number of nitrogens with one attached hydrogen (secondary N) is 1. The van der Waals surface area contributed by atoms with Crippen LogP contribution in [-0.4, -0.2) is 31.3 Å². The van der Waals surface area contributed by atoms with E-state index < -0.39 is 16.0 Å². The molecule has 1 aliphatic carbocycles. The van der Waals surface area contributed by atoms with Crippen LogP contribution in [0.4, 0.5) is 0 Å². The Hall–Kier alpha value is -0.620. The van der Waals surface area contributed by atoms with Gasteiger partial charge in [-0.3, -0.25) is 4.79 Å². The number of hydrogen-bond acceptors (Lipinski definition) is 3. The molecule has 0 spiro atoms. The molecule has 0 saturated heterocycles. The minimum atomic E-state index is -3.29. The number of carboxylic acid groups (broad SMARTS) is 1. The molecule has 16 heavy (non-hydrogen) atoms. The maximum Gasteiger partial charge on any atom is 0.303 e. The summed E-state index contributed by atoms with van der Waals surface area (Å²) < 4.78 is 25.8. The van der Waals surface area contributed by atoms with Crippen LogP contribution in [0.15, 0.2) is 0 Å². The fourth-order valence-electron chi connectivity index (χ4n) is 1.95. The van der Waals surface area contributed by atoms with Crippen LogP contribution in [0.25, 0.3) is 0 Å². The second-order valence-corrected chi connectivity index (χ2v) is 6.14. The van der Waals surface area contributed by atoms with Gasteiger partial charge in [-0.15, -0.1) is 0 Å². The predicted molar refractivity (Wildman–Crippen MR) is 60.7 cm³/mol. The van der Waals surface area contributed by atoms with Gasteiger partial charge < -0.3 is 5.11 Å². The van der Waals surface area contributed by atoms with Crippen molar-refractivity contribution < 1.29 is 18.3 Å². The quantitative estimate of drug-likeness (QED) is 0.738. The number of carbonyl (C=O) groups is 1. The summed E-state index contributed by atoms with van der Waals surface area (Å²) in [6.45, 7) is 0. The van der Waals surface area contributed by atoms with E-state index in [-0.39, 0.29) is 24.6 Å². The summed E-state index contributed by atoms with van der Waals surface area (Å²) in [5.74, 6) is -1.04. The van der Waals surface area contributed by atoms with Gasteiger partial charge >= 0.3 is 5.97 Å². The molecule has 0 heterocycles. The molecule has 94 valence electrons. The van der Waals surface area contributed by atoms with E-state index in [4.69, 9.17) is 5.11 Å². The standard InChI is InChI=1S/C10H19NO4S/c12-10(13)7-4-8-16(14,15)11-9-5-2-1-3-6-9/h9,11H,1-8H2,(H,12,13). The maximum absolute atomic E-state index is 11.6. The maximum atomic E-state index is 11.6. The molecule has 1 saturated carbocycles. The van der Waals surface area contributed by atoms with E-state index in [2.05, 4.69) is 4.72 Å². The van der Waals surface area contributed by atoms with Crippen molar-refractivity contribution in [3.8, 4) is 0 Å². The van der Waals surface area contributed by atoms with Crippen molar-refractivity contribution in [3.05, 3.63) is 0 Å². The molecule has 0 aromatic heterocycles. The van der Waals surface area contributed by atoms with Gasteiger partial charge in [0.15, 0.2) is 0 Å². The second kappa shape index (κ2) is 6.20. The lowest BCUT2D eigenvalue weighted by atomic mass is 9.96. The lowest BCUT2D eigenvalue weighted by Crippen LogP contribution is -2.37. The third-order valence-electron chi connectivity index (χ3n) is 2.76. The molecule has 0 aromatic rings. The predicted octanol–water partition coefficient (Wildman–Crippen LogP) is 1.10. The lowest BCUT2D eigenvalue weighted by Gasteiger charge is -2.22. The largest absolute Gasteiger partial charge is 0.481 e. The first-order valence-electron chi connectivity index (χ1n) is 5.71. The van der Waals surface area contributed by atoms with Crippen LogP contribution in [0, 0.1) is 0 Å². The number of carboxylic acids is 1. The average molecular weight is 249 g/mol. The minimum Gasteiger partial charge on any atom is -0.481 e. The molecule has 2 N–H and O–H groups in total. The van der Waals surface area contributed by atoms with E-state index in [1.807, 2.05) is 0 Å². The Morgan fingerprint density at radius 2 is 1.88 bits per heavy atom. The van der Waals surface area contributed by atoms with Crippen molar-refractivity contribution >= 4 is 16.0 Å². The molecule has 6 heteroatoms. The van der Waals surface area contributed by atoms with E-state index >= 15 is 0 Å².